The summed E-state index contributed by atoms with van der Waals surface area (Å²) < 4.78 is 0. The van der Waals surface area contributed by atoms with Gasteiger partial charge in [-0.2, -0.15) is 0 Å². The van der Waals surface area contributed by atoms with Gasteiger partial charge >= 0.3 is 21.7 Å². The van der Waals surface area contributed by atoms with Crippen molar-refractivity contribution < 1.29 is 26.5 Å². The minimum atomic E-state index is -2.21. The molecule has 5 fully saturated rings. The summed E-state index contributed by atoms with van der Waals surface area (Å²) in [6, 6.07) is 12.5. The van der Waals surface area contributed by atoms with Crippen molar-refractivity contribution >= 4 is 14.1 Å². The van der Waals surface area contributed by atoms with E-state index in [0.717, 1.165) is 41.3 Å². The van der Waals surface area contributed by atoms with Crippen LogP contribution in [0.25, 0.3) is 4.98 Å². The number of hydrogen-bond donors (Lipinski definition) is 0. The average Bonchev–Trinajstić information content (AvgIpc) is 3.42. The van der Waals surface area contributed by atoms with Crippen LogP contribution in [0.2, 0.25) is 18.6 Å². The number of rotatable bonds is 3. The molecule has 8 atom stereocenters. The molecule has 2 aliphatic heterocycles. The molecule has 204 valence electrons. The van der Waals surface area contributed by atoms with Crippen molar-refractivity contribution in [2.24, 2.45) is 23.7 Å². The summed E-state index contributed by atoms with van der Waals surface area (Å²) in [7, 11) is 2.66. The van der Waals surface area contributed by atoms with Crippen molar-refractivity contribution in [3.63, 3.8) is 0 Å². The van der Waals surface area contributed by atoms with Crippen molar-refractivity contribution in [3.8, 4) is 0 Å². The van der Waals surface area contributed by atoms with Crippen LogP contribution in [0, 0.1) is 46.0 Å². The molecule has 1 amide bonds. The fourth-order valence-corrected chi connectivity index (χ4v) is 13.1. The van der Waals surface area contributed by atoms with E-state index in [4.69, 9.17) is 4.98 Å². The molecule has 0 spiro atoms. The minimum Gasteiger partial charge on any atom is -0.652 e. The van der Waals surface area contributed by atoms with E-state index in [9.17, 15) is 4.79 Å². The monoisotopic (exact) mass is 557 g/mol. The van der Waals surface area contributed by atoms with Crippen LogP contribution in [0.3, 0.4) is 0 Å². The van der Waals surface area contributed by atoms with Crippen molar-refractivity contribution in [1.29, 1.82) is 0 Å². The second-order valence-corrected chi connectivity index (χ2v) is 16.7. The van der Waals surface area contributed by atoms with Crippen LogP contribution in [0.1, 0.15) is 61.7 Å². The average molecular weight is 558 g/mol. The Hall–Kier alpha value is -0.459. The maximum absolute atomic E-state index is 13.3. The van der Waals surface area contributed by atoms with Gasteiger partial charge < -0.3 is 32.1 Å². The third kappa shape index (κ3) is 5.10. The topological polar surface area (TPSA) is 37.7 Å². The van der Waals surface area contributed by atoms with Gasteiger partial charge in [-0.1, -0.05) is 69.1 Å². The van der Waals surface area contributed by atoms with E-state index in [1.807, 2.05) is 30.3 Å². The van der Waals surface area contributed by atoms with Crippen molar-refractivity contribution in [1.82, 2.24) is 9.80 Å². The number of benzene rings is 1. The summed E-state index contributed by atoms with van der Waals surface area (Å²) in [5.74, 6) is 3.40. The van der Waals surface area contributed by atoms with Gasteiger partial charge in [0, 0.05) is 24.2 Å². The Labute approximate surface area is 244 Å². The Morgan fingerprint density at radius 3 is 1.68 bits per heavy atom. The van der Waals surface area contributed by atoms with Gasteiger partial charge in [-0.25, -0.2) is 0 Å². The first-order valence-corrected chi connectivity index (χ1v) is 16.7. The molecule has 0 bridgehead atoms. The molecule has 3 saturated carbocycles. The van der Waals surface area contributed by atoms with E-state index in [1.165, 1.54) is 51.4 Å². The van der Waals surface area contributed by atoms with Gasteiger partial charge in [-0.3, -0.25) is 9.80 Å². The van der Waals surface area contributed by atoms with Crippen LogP contribution in [0.5, 0.6) is 0 Å². The molecule has 6 heteroatoms. The molecular weight excluding hydrogens is 506 g/mol. The van der Waals surface area contributed by atoms with E-state index in [1.54, 1.807) is 0 Å². The first-order valence-electron chi connectivity index (χ1n) is 13.7. The van der Waals surface area contributed by atoms with Crippen LogP contribution >= 0.6 is 0 Å². The zero-order valence-corrected chi connectivity index (χ0v) is 27.1. The predicted molar refractivity (Wildman–Crippen MR) is 156 cm³/mol. The Bertz CT molecular complexity index is 858. The van der Waals surface area contributed by atoms with Gasteiger partial charge in [0.15, 0.2) is 0 Å². The second kappa shape index (κ2) is 12.4. The molecular formula is C31H51N3OSiTi. The summed E-state index contributed by atoms with van der Waals surface area (Å²) in [5.41, 5.74) is 1.30. The quantitative estimate of drug-likeness (QED) is 0.294. The number of amides is 1. The Kier molecular flexibility index (Phi) is 11.0. The first-order chi connectivity index (χ1) is 15.9. The number of likely N-dealkylation sites (tertiary alicyclic amines) is 2. The summed E-state index contributed by atoms with van der Waals surface area (Å²) in [6.07, 6.45) is 11.2. The van der Waals surface area contributed by atoms with Crippen molar-refractivity contribution in [3.05, 3.63) is 63.2 Å². The summed E-state index contributed by atoms with van der Waals surface area (Å²) in [4.78, 5) is 24.1. The molecule has 37 heavy (non-hydrogen) atoms. The maximum Gasteiger partial charge on any atom is 4.00 e. The number of carbonyl (C=O) groups is 1. The summed E-state index contributed by atoms with van der Waals surface area (Å²) in [5, 5.41) is 0. The van der Waals surface area contributed by atoms with Crippen LogP contribution in [0.4, 0.5) is 0 Å². The molecule has 8 unspecified atom stereocenters. The number of nitrogens with zero attached hydrogens (tertiary/aromatic N) is 3. The van der Waals surface area contributed by atoms with Gasteiger partial charge in [-0.05, 0) is 82.8 Å². The maximum atomic E-state index is 13.3. The molecule has 6 rings (SSSR count). The number of fused-ring (bicyclic) bond motifs is 7. The molecule has 0 aromatic heterocycles. The number of carbonyl (C=O) groups excluding carboxylic acids is 1. The summed E-state index contributed by atoms with van der Waals surface area (Å²) in [6.45, 7) is 4.81. The Morgan fingerprint density at radius 2 is 1.22 bits per heavy atom. The molecule has 5 aliphatic rings. The van der Waals surface area contributed by atoms with Crippen LogP contribution < -0.4 is 0 Å². The largest absolute Gasteiger partial charge is 4.00 e. The van der Waals surface area contributed by atoms with Crippen LogP contribution in [0.15, 0.2) is 30.3 Å². The zero-order chi connectivity index (χ0) is 22.9. The fourth-order valence-electron chi connectivity index (χ4n) is 9.71. The van der Waals surface area contributed by atoms with Crippen LogP contribution in [-0.2, 0) is 21.7 Å². The van der Waals surface area contributed by atoms with Gasteiger partial charge in [0.1, 0.15) is 0 Å². The number of hydrogen-bond acceptors (Lipinski definition) is 3. The van der Waals surface area contributed by atoms with Gasteiger partial charge in [0.05, 0.1) is 5.91 Å². The Balaban J connectivity index is 0.00000120. The van der Waals surface area contributed by atoms with Crippen molar-refractivity contribution in [2.75, 3.05) is 14.1 Å². The third-order valence-electron chi connectivity index (χ3n) is 10.7. The van der Waals surface area contributed by atoms with Gasteiger partial charge in [-0.15, -0.1) is 0 Å². The smallest absolute Gasteiger partial charge is 0.652 e. The van der Waals surface area contributed by atoms with E-state index in [2.05, 4.69) is 37.0 Å². The van der Waals surface area contributed by atoms with E-state index < -0.39 is 8.24 Å². The molecule has 2 saturated heterocycles. The third-order valence-corrected chi connectivity index (χ3v) is 13.8. The van der Waals surface area contributed by atoms with E-state index in [0.29, 0.717) is 17.6 Å². The normalized spacial score (nSPS) is 38.3. The first kappa shape index (κ1) is 32.8. The van der Waals surface area contributed by atoms with E-state index >= 15 is 0 Å². The molecule has 0 N–H and O–H groups in total. The second-order valence-electron chi connectivity index (χ2n) is 12.5. The van der Waals surface area contributed by atoms with Crippen LogP contribution in [-0.4, -0.2) is 62.2 Å². The van der Waals surface area contributed by atoms with E-state index in [-0.39, 0.29) is 49.9 Å². The van der Waals surface area contributed by atoms with Crippen molar-refractivity contribution in [2.45, 2.75) is 94.2 Å². The fraction of sp³-hybridized carbons (Fsp3) is 0.677. The standard InChI is InChI=1S/C28H43N3OSi.3CH3.Ti/c1-30-21-16-10-8-14-19(21)23-24-20-15-9-11-17-22(20)31(2)26(24)27(25(23)30)33(3,4)29-28(32)18-12-6-5-7-13-18;;;;/h5-7,12-13,19-27H,8-11,14-17H2,1-4H3,(H,29,32);3*1H3;/q;3*-1;+4/p-1. The SMILES string of the molecule is CN1C2CCCCC2C2C3C4CCCCC4N(C)C3C([Si](C)(C)[N-]C(=O)c3ccccc3)C21.[CH3-].[CH3-].[CH3-].[Ti+4]. The minimum absolute atomic E-state index is 0. The van der Waals surface area contributed by atoms with Gasteiger partial charge in [0.2, 0.25) is 0 Å². The summed E-state index contributed by atoms with van der Waals surface area (Å²) >= 11 is 0. The predicted octanol–water partition coefficient (Wildman–Crippen LogP) is 7.12. The molecule has 0 radical (unpaired) electrons. The molecule has 3 aliphatic carbocycles. The molecule has 4 nitrogen and oxygen atoms in total. The Morgan fingerprint density at radius 1 is 0.784 bits per heavy atom. The van der Waals surface area contributed by atoms with Gasteiger partial charge in [0.25, 0.3) is 0 Å². The molecule has 1 aromatic carbocycles. The molecule has 1 aromatic rings. The zero-order valence-electron chi connectivity index (χ0n) is 24.5. The molecule has 2 heterocycles.